The van der Waals surface area contributed by atoms with Gasteiger partial charge < -0.3 is 9.47 Å². The summed E-state index contributed by atoms with van der Waals surface area (Å²) in [6.45, 7) is 1.80. The lowest BCUT2D eigenvalue weighted by Gasteiger charge is -2.34. The van der Waals surface area contributed by atoms with E-state index in [1.165, 1.54) is 12.8 Å². The first-order chi connectivity index (χ1) is 12.7. The number of piperidine rings is 1. The average molecular weight is 353 g/mol. The Balaban J connectivity index is 1.37. The molecule has 1 atom stereocenters. The van der Waals surface area contributed by atoms with Gasteiger partial charge in [-0.1, -0.05) is 12.8 Å². The Kier molecular flexibility index (Phi) is 5.00. The van der Waals surface area contributed by atoms with E-state index in [-0.39, 0.29) is 5.92 Å². The summed E-state index contributed by atoms with van der Waals surface area (Å²) in [5, 5.41) is 0. The average Bonchev–Trinajstić information content (AvgIpc) is 3.34. The Morgan fingerprint density at radius 3 is 2.65 bits per heavy atom. The first-order valence-corrected chi connectivity index (χ1v) is 9.78. The molecule has 2 aromatic heterocycles. The third-order valence-corrected chi connectivity index (χ3v) is 5.79. The molecule has 2 fully saturated rings. The van der Waals surface area contributed by atoms with E-state index in [9.17, 15) is 4.79 Å². The van der Waals surface area contributed by atoms with Crippen molar-refractivity contribution in [3.05, 3.63) is 30.5 Å². The van der Waals surface area contributed by atoms with Crippen molar-refractivity contribution in [1.29, 1.82) is 0 Å². The van der Waals surface area contributed by atoms with Crippen molar-refractivity contribution < 1.29 is 4.79 Å². The number of likely N-dealkylation sites (tertiary alicyclic amines) is 1. The van der Waals surface area contributed by atoms with Crippen LogP contribution in [-0.4, -0.2) is 43.4 Å². The molecule has 6 nitrogen and oxygen atoms in total. The number of nitrogens with zero attached hydrogens (tertiary/aromatic N) is 5. The van der Waals surface area contributed by atoms with Gasteiger partial charge in [0, 0.05) is 44.6 Å². The third-order valence-electron chi connectivity index (χ3n) is 5.79. The molecule has 3 heterocycles. The monoisotopic (exact) mass is 353 g/mol. The van der Waals surface area contributed by atoms with E-state index in [2.05, 4.69) is 19.9 Å². The molecule has 6 heteroatoms. The van der Waals surface area contributed by atoms with E-state index in [0.717, 1.165) is 62.4 Å². The molecule has 2 aliphatic rings. The highest BCUT2D eigenvalue weighted by Gasteiger charge is 2.30. The Hall–Kier alpha value is -2.24. The minimum atomic E-state index is 0.283. The van der Waals surface area contributed by atoms with Gasteiger partial charge in [0.1, 0.15) is 5.69 Å². The highest BCUT2D eigenvalue weighted by Crippen LogP contribution is 2.29. The lowest BCUT2D eigenvalue weighted by molar-refractivity contribution is -0.137. The van der Waals surface area contributed by atoms with Crippen LogP contribution < -0.4 is 0 Å². The molecule has 26 heavy (non-hydrogen) atoms. The Labute approximate surface area is 154 Å². The topological polar surface area (TPSA) is 63.9 Å². The van der Waals surface area contributed by atoms with Crippen LogP contribution in [0, 0.1) is 11.8 Å². The van der Waals surface area contributed by atoms with E-state index < -0.39 is 0 Å². The second-order valence-electron chi connectivity index (χ2n) is 7.73. The van der Waals surface area contributed by atoms with Crippen molar-refractivity contribution in [2.24, 2.45) is 18.9 Å². The predicted molar refractivity (Wildman–Crippen MR) is 99.2 cm³/mol. The first-order valence-electron chi connectivity index (χ1n) is 9.78. The molecule has 0 unspecified atom stereocenters. The molecule has 2 aromatic rings. The number of carbonyl (C=O) groups is 1. The summed E-state index contributed by atoms with van der Waals surface area (Å²) >= 11 is 0. The number of rotatable bonds is 4. The molecule has 1 saturated heterocycles. The SMILES string of the molecule is Cn1ccnc1-c1cnc(C[C@H]2CCCN(C(=O)C3CCCC3)C2)cn1. The van der Waals surface area contributed by atoms with Crippen LogP contribution in [0.2, 0.25) is 0 Å². The molecule has 0 spiro atoms. The minimum absolute atomic E-state index is 0.283. The Morgan fingerprint density at radius 2 is 1.96 bits per heavy atom. The second kappa shape index (κ2) is 7.56. The zero-order chi connectivity index (χ0) is 17.9. The van der Waals surface area contributed by atoms with Gasteiger partial charge in [-0.05, 0) is 38.0 Å². The van der Waals surface area contributed by atoms with Crippen molar-refractivity contribution in [2.45, 2.75) is 44.9 Å². The Bertz CT molecular complexity index is 748. The summed E-state index contributed by atoms with van der Waals surface area (Å²) in [7, 11) is 1.95. The fourth-order valence-corrected chi connectivity index (χ4v) is 4.35. The maximum absolute atomic E-state index is 12.7. The van der Waals surface area contributed by atoms with Crippen molar-refractivity contribution in [1.82, 2.24) is 24.4 Å². The molecule has 4 rings (SSSR count). The van der Waals surface area contributed by atoms with Crippen molar-refractivity contribution in [2.75, 3.05) is 13.1 Å². The lowest BCUT2D eigenvalue weighted by Crippen LogP contribution is -2.43. The van der Waals surface area contributed by atoms with Crippen LogP contribution in [0.1, 0.15) is 44.2 Å². The molecule has 0 N–H and O–H groups in total. The fraction of sp³-hybridized carbons (Fsp3) is 0.600. The number of aromatic nitrogens is 4. The van der Waals surface area contributed by atoms with Crippen molar-refractivity contribution in [3.63, 3.8) is 0 Å². The zero-order valence-electron chi connectivity index (χ0n) is 15.5. The van der Waals surface area contributed by atoms with Crippen LogP contribution >= 0.6 is 0 Å². The van der Waals surface area contributed by atoms with E-state index >= 15 is 0 Å². The van der Waals surface area contributed by atoms with Gasteiger partial charge in [0.2, 0.25) is 5.91 Å². The van der Waals surface area contributed by atoms with E-state index in [1.54, 1.807) is 6.20 Å². The molecule has 0 radical (unpaired) electrons. The summed E-state index contributed by atoms with van der Waals surface area (Å²) in [5.74, 6) is 1.99. The summed E-state index contributed by atoms with van der Waals surface area (Å²) < 4.78 is 1.94. The van der Waals surface area contributed by atoms with E-state index in [1.807, 2.05) is 30.2 Å². The Morgan fingerprint density at radius 1 is 1.12 bits per heavy atom. The smallest absolute Gasteiger partial charge is 0.225 e. The van der Waals surface area contributed by atoms with Crippen LogP contribution in [-0.2, 0) is 18.3 Å². The van der Waals surface area contributed by atoms with Gasteiger partial charge in [0.25, 0.3) is 0 Å². The second-order valence-corrected chi connectivity index (χ2v) is 7.73. The molecule has 1 saturated carbocycles. The minimum Gasteiger partial charge on any atom is -0.342 e. The van der Waals surface area contributed by atoms with Crippen LogP contribution in [0.25, 0.3) is 11.5 Å². The molecular weight excluding hydrogens is 326 g/mol. The molecule has 1 amide bonds. The third kappa shape index (κ3) is 3.64. The van der Waals surface area contributed by atoms with Crippen LogP contribution in [0.5, 0.6) is 0 Å². The highest BCUT2D eigenvalue weighted by atomic mass is 16.2. The van der Waals surface area contributed by atoms with Gasteiger partial charge in [-0.2, -0.15) is 0 Å². The van der Waals surface area contributed by atoms with Gasteiger partial charge in [-0.15, -0.1) is 0 Å². The molecule has 0 aromatic carbocycles. The molecule has 1 aliphatic heterocycles. The zero-order valence-corrected chi connectivity index (χ0v) is 15.5. The summed E-state index contributed by atoms with van der Waals surface area (Å²) in [6, 6.07) is 0. The van der Waals surface area contributed by atoms with Gasteiger partial charge >= 0.3 is 0 Å². The van der Waals surface area contributed by atoms with Crippen LogP contribution in [0.15, 0.2) is 24.8 Å². The molecule has 1 aliphatic carbocycles. The van der Waals surface area contributed by atoms with Crippen molar-refractivity contribution >= 4 is 5.91 Å². The number of aryl methyl sites for hydroxylation is 1. The highest BCUT2D eigenvalue weighted by molar-refractivity contribution is 5.79. The summed E-state index contributed by atoms with van der Waals surface area (Å²) in [6.07, 6.45) is 15.1. The number of carbonyl (C=O) groups excluding carboxylic acids is 1. The standard InChI is InChI=1S/C20H27N5O/c1-24-10-8-21-19(24)18-13-22-17(12-23-18)11-15-5-4-9-25(14-15)20(26)16-6-2-3-7-16/h8,10,12-13,15-16H,2-7,9,11,14H2,1H3/t15-/m1/s1. The van der Waals surface area contributed by atoms with Gasteiger partial charge in [-0.25, -0.2) is 9.97 Å². The normalized spacial score (nSPS) is 21.3. The number of hydrogen-bond acceptors (Lipinski definition) is 4. The number of amides is 1. The van der Waals surface area contributed by atoms with Gasteiger partial charge in [-0.3, -0.25) is 9.78 Å². The first kappa shape index (κ1) is 17.2. The fourth-order valence-electron chi connectivity index (χ4n) is 4.35. The van der Waals surface area contributed by atoms with Crippen LogP contribution in [0.4, 0.5) is 0 Å². The summed E-state index contributed by atoms with van der Waals surface area (Å²) in [5.41, 5.74) is 1.80. The van der Waals surface area contributed by atoms with Gasteiger partial charge in [0.05, 0.1) is 11.9 Å². The quantitative estimate of drug-likeness (QED) is 0.848. The van der Waals surface area contributed by atoms with E-state index in [0.29, 0.717) is 11.8 Å². The molecule has 0 bridgehead atoms. The maximum Gasteiger partial charge on any atom is 0.225 e. The largest absolute Gasteiger partial charge is 0.342 e. The molecule has 138 valence electrons. The van der Waals surface area contributed by atoms with Gasteiger partial charge in [0.15, 0.2) is 5.82 Å². The molecular formula is C20H27N5O. The number of imidazole rings is 1. The van der Waals surface area contributed by atoms with Crippen molar-refractivity contribution in [3.8, 4) is 11.5 Å². The van der Waals surface area contributed by atoms with Crippen LogP contribution in [0.3, 0.4) is 0 Å². The summed E-state index contributed by atoms with van der Waals surface area (Å²) in [4.78, 5) is 28.3. The number of hydrogen-bond donors (Lipinski definition) is 0. The maximum atomic E-state index is 12.7. The lowest BCUT2D eigenvalue weighted by atomic mass is 9.92. The predicted octanol–water partition coefficient (Wildman–Crippen LogP) is 2.85. The van der Waals surface area contributed by atoms with E-state index in [4.69, 9.17) is 0 Å².